The average Bonchev–Trinajstić information content (AvgIpc) is 3.06. The number of anilines is 2. The summed E-state index contributed by atoms with van der Waals surface area (Å²) in [5.41, 5.74) is 8.11. The van der Waals surface area contributed by atoms with Crippen LogP contribution >= 0.6 is 0 Å². The zero-order valence-corrected chi connectivity index (χ0v) is 20.5. The van der Waals surface area contributed by atoms with Gasteiger partial charge in [-0.1, -0.05) is 60.7 Å². The highest BCUT2D eigenvalue weighted by Gasteiger charge is 2.34. The van der Waals surface area contributed by atoms with Crippen molar-refractivity contribution in [3.05, 3.63) is 83.0 Å². The van der Waals surface area contributed by atoms with Crippen molar-refractivity contribution in [1.82, 2.24) is 4.57 Å². The van der Waals surface area contributed by atoms with Crippen LogP contribution in [0.3, 0.4) is 0 Å². The first-order valence-electron chi connectivity index (χ1n) is 11.3. The Morgan fingerprint density at radius 3 is 2.03 bits per heavy atom. The van der Waals surface area contributed by atoms with Gasteiger partial charge >= 0.3 is 11.9 Å². The summed E-state index contributed by atoms with van der Waals surface area (Å²) in [4.78, 5) is 28.3. The number of aromatic nitrogens is 1. The summed E-state index contributed by atoms with van der Waals surface area (Å²) < 4.78 is 12.8. The first-order valence-corrected chi connectivity index (χ1v) is 11.3. The van der Waals surface area contributed by atoms with Crippen molar-refractivity contribution in [2.24, 2.45) is 0 Å². The summed E-state index contributed by atoms with van der Waals surface area (Å²) in [6.07, 6.45) is 0. The molecule has 0 atom stereocenters. The maximum atomic E-state index is 13.4. The topological polar surface area (TPSA) is 86.8 Å². The highest BCUT2D eigenvalue weighted by molar-refractivity contribution is 6.08. The molecule has 34 heavy (non-hydrogen) atoms. The van der Waals surface area contributed by atoms with Gasteiger partial charge in [-0.25, -0.2) is 9.59 Å². The third-order valence-corrected chi connectivity index (χ3v) is 5.15. The van der Waals surface area contributed by atoms with Crippen molar-refractivity contribution in [2.45, 2.75) is 46.4 Å². The molecule has 0 spiro atoms. The standard InChI is InChI=1S/C27H33N3O4/c1-6-33-26(32)23-22(28)21(25(31)34-27(2,3)4)24(29(5)17-19-13-9-7-10-14-19)30(23)18-20-15-11-8-12-16-20/h7-16H,6,17-18,28H2,1-5H3. The van der Waals surface area contributed by atoms with E-state index in [9.17, 15) is 9.59 Å². The molecule has 0 amide bonds. The molecular weight excluding hydrogens is 430 g/mol. The average molecular weight is 464 g/mol. The number of hydrogen-bond acceptors (Lipinski definition) is 6. The molecule has 0 aliphatic heterocycles. The number of nitrogens with two attached hydrogens (primary N) is 1. The van der Waals surface area contributed by atoms with Crippen molar-refractivity contribution in [2.75, 3.05) is 24.3 Å². The van der Waals surface area contributed by atoms with E-state index in [-0.39, 0.29) is 23.6 Å². The Bertz CT molecular complexity index is 1130. The molecule has 2 N–H and O–H groups in total. The first kappa shape index (κ1) is 24.9. The maximum absolute atomic E-state index is 13.4. The quantitative estimate of drug-likeness (QED) is 0.479. The molecule has 0 aliphatic carbocycles. The minimum atomic E-state index is -0.732. The minimum Gasteiger partial charge on any atom is -0.461 e. The highest BCUT2D eigenvalue weighted by atomic mass is 16.6. The highest BCUT2D eigenvalue weighted by Crippen LogP contribution is 2.36. The Balaban J connectivity index is 2.22. The summed E-state index contributed by atoms with van der Waals surface area (Å²) in [6, 6.07) is 19.6. The Morgan fingerprint density at radius 2 is 1.50 bits per heavy atom. The molecule has 180 valence electrons. The number of carbonyl (C=O) groups excluding carboxylic acids is 2. The van der Waals surface area contributed by atoms with Crippen LogP contribution in [-0.4, -0.2) is 35.8 Å². The van der Waals surface area contributed by atoms with Gasteiger partial charge in [0, 0.05) is 20.1 Å². The first-order chi connectivity index (χ1) is 16.1. The van der Waals surface area contributed by atoms with Crippen LogP contribution in [0.2, 0.25) is 0 Å². The summed E-state index contributed by atoms with van der Waals surface area (Å²) >= 11 is 0. The monoisotopic (exact) mass is 463 g/mol. The van der Waals surface area contributed by atoms with Crippen LogP contribution in [-0.2, 0) is 22.6 Å². The molecule has 3 aromatic rings. The van der Waals surface area contributed by atoms with E-state index < -0.39 is 17.5 Å². The van der Waals surface area contributed by atoms with E-state index in [4.69, 9.17) is 15.2 Å². The normalized spacial score (nSPS) is 11.2. The lowest BCUT2D eigenvalue weighted by Gasteiger charge is -2.25. The van der Waals surface area contributed by atoms with E-state index in [0.29, 0.717) is 18.9 Å². The van der Waals surface area contributed by atoms with Crippen molar-refractivity contribution < 1.29 is 19.1 Å². The van der Waals surface area contributed by atoms with E-state index in [1.807, 2.05) is 72.6 Å². The van der Waals surface area contributed by atoms with Gasteiger partial charge in [0.1, 0.15) is 17.0 Å². The third-order valence-electron chi connectivity index (χ3n) is 5.15. The summed E-state index contributed by atoms with van der Waals surface area (Å²) in [6.45, 7) is 8.13. The molecule has 7 nitrogen and oxygen atoms in total. The van der Waals surface area contributed by atoms with E-state index in [0.717, 1.165) is 11.1 Å². The van der Waals surface area contributed by atoms with Crippen LogP contribution in [0.15, 0.2) is 60.7 Å². The Hall–Kier alpha value is -3.74. The number of rotatable bonds is 8. The molecule has 0 saturated heterocycles. The van der Waals surface area contributed by atoms with Crippen molar-refractivity contribution >= 4 is 23.4 Å². The minimum absolute atomic E-state index is 0.0542. The maximum Gasteiger partial charge on any atom is 0.357 e. The van der Waals surface area contributed by atoms with Crippen molar-refractivity contribution in [3.8, 4) is 0 Å². The van der Waals surface area contributed by atoms with Crippen LogP contribution < -0.4 is 10.6 Å². The van der Waals surface area contributed by atoms with E-state index in [2.05, 4.69) is 0 Å². The van der Waals surface area contributed by atoms with Gasteiger partial charge in [-0.3, -0.25) is 0 Å². The third kappa shape index (κ3) is 5.78. The predicted molar refractivity (Wildman–Crippen MR) is 134 cm³/mol. The predicted octanol–water partition coefficient (Wildman–Crippen LogP) is 4.89. The van der Waals surface area contributed by atoms with Gasteiger partial charge < -0.3 is 24.7 Å². The lowest BCUT2D eigenvalue weighted by molar-refractivity contribution is 0.00714. The van der Waals surface area contributed by atoms with Crippen molar-refractivity contribution in [3.63, 3.8) is 0 Å². The number of hydrogen-bond donors (Lipinski definition) is 1. The molecule has 0 fully saturated rings. The number of nitrogens with zero attached hydrogens (tertiary/aromatic N) is 2. The fraction of sp³-hybridized carbons (Fsp3) is 0.333. The summed E-state index contributed by atoms with van der Waals surface area (Å²) in [5, 5.41) is 0. The van der Waals surface area contributed by atoms with Gasteiger partial charge in [0.2, 0.25) is 0 Å². The van der Waals surface area contributed by atoms with Crippen molar-refractivity contribution in [1.29, 1.82) is 0 Å². The van der Waals surface area contributed by atoms with Gasteiger partial charge in [-0.2, -0.15) is 0 Å². The summed E-state index contributed by atoms with van der Waals surface area (Å²) in [7, 11) is 1.87. The molecular formula is C27H33N3O4. The molecule has 0 bridgehead atoms. The van der Waals surface area contributed by atoms with E-state index in [1.54, 1.807) is 32.3 Å². The molecule has 0 aliphatic rings. The molecule has 0 radical (unpaired) electrons. The van der Waals surface area contributed by atoms with Gasteiger partial charge in [0.05, 0.1) is 12.3 Å². The number of esters is 2. The molecule has 2 aromatic carbocycles. The second-order valence-electron chi connectivity index (χ2n) is 9.10. The van der Waals surface area contributed by atoms with Crippen LogP contribution in [0.25, 0.3) is 0 Å². The SMILES string of the molecule is CCOC(=O)c1c(N)c(C(=O)OC(C)(C)C)c(N(C)Cc2ccccc2)n1Cc1ccccc1. The smallest absolute Gasteiger partial charge is 0.357 e. The Labute approximate surface area is 201 Å². The molecule has 7 heteroatoms. The van der Waals surface area contributed by atoms with Crippen LogP contribution in [0.4, 0.5) is 11.5 Å². The van der Waals surface area contributed by atoms with Gasteiger partial charge in [-0.05, 0) is 38.8 Å². The Morgan fingerprint density at radius 1 is 0.941 bits per heavy atom. The zero-order valence-electron chi connectivity index (χ0n) is 20.5. The fourth-order valence-corrected chi connectivity index (χ4v) is 3.82. The summed E-state index contributed by atoms with van der Waals surface area (Å²) in [5.74, 6) is -0.667. The zero-order chi connectivity index (χ0) is 24.9. The number of benzene rings is 2. The van der Waals surface area contributed by atoms with E-state index >= 15 is 0 Å². The number of carbonyl (C=O) groups is 2. The lowest BCUT2D eigenvalue weighted by Crippen LogP contribution is -2.27. The fourth-order valence-electron chi connectivity index (χ4n) is 3.82. The second-order valence-corrected chi connectivity index (χ2v) is 9.10. The van der Waals surface area contributed by atoms with Crippen LogP contribution in [0.1, 0.15) is 59.7 Å². The number of ether oxygens (including phenoxy) is 2. The largest absolute Gasteiger partial charge is 0.461 e. The number of nitrogen functional groups attached to an aromatic ring is 1. The van der Waals surface area contributed by atoms with Crippen LogP contribution in [0.5, 0.6) is 0 Å². The van der Waals surface area contributed by atoms with E-state index in [1.165, 1.54) is 0 Å². The van der Waals surface area contributed by atoms with Gasteiger partial charge in [0.25, 0.3) is 0 Å². The van der Waals surface area contributed by atoms with Gasteiger partial charge in [-0.15, -0.1) is 0 Å². The van der Waals surface area contributed by atoms with Crippen LogP contribution in [0, 0.1) is 0 Å². The molecule has 0 unspecified atom stereocenters. The second kappa shape index (κ2) is 10.5. The molecule has 1 aromatic heterocycles. The molecule has 0 saturated carbocycles. The molecule has 1 heterocycles. The molecule has 3 rings (SSSR count). The Kier molecular flexibility index (Phi) is 7.66. The van der Waals surface area contributed by atoms with Gasteiger partial charge in [0.15, 0.2) is 5.69 Å². The lowest BCUT2D eigenvalue weighted by atomic mass is 10.1.